The van der Waals surface area contributed by atoms with Crippen LogP contribution in [0, 0.1) is 0 Å². The van der Waals surface area contributed by atoms with Crippen LogP contribution in [0.1, 0.15) is 37.0 Å². The number of halogens is 1. The van der Waals surface area contributed by atoms with E-state index in [9.17, 15) is 13.2 Å². The van der Waals surface area contributed by atoms with Gasteiger partial charge in [0.1, 0.15) is 0 Å². The molecule has 144 valence electrons. The van der Waals surface area contributed by atoms with Crippen LogP contribution in [-0.4, -0.2) is 46.7 Å². The third-order valence-electron chi connectivity index (χ3n) is 4.13. The molecule has 0 aromatic heterocycles. The van der Waals surface area contributed by atoms with Crippen molar-refractivity contribution in [1.29, 1.82) is 0 Å². The number of amides is 1. The topological polar surface area (TPSA) is 111 Å². The maximum absolute atomic E-state index is 12.5. The van der Waals surface area contributed by atoms with E-state index >= 15 is 0 Å². The van der Waals surface area contributed by atoms with E-state index in [2.05, 4.69) is 10.0 Å². The Labute approximate surface area is 156 Å². The van der Waals surface area contributed by atoms with Gasteiger partial charge in [0.25, 0.3) is 5.91 Å². The number of nitrogens with one attached hydrogen (secondary N) is 2. The van der Waals surface area contributed by atoms with Crippen LogP contribution in [0.2, 0.25) is 0 Å². The van der Waals surface area contributed by atoms with Crippen molar-refractivity contribution in [3.63, 3.8) is 0 Å². The van der Waals surface area contributed by atoms with E-state index in [1.54, 1.807) is 12.1 Å². The Kier molecular flexibility index (Phi) is 10.2. The first-order chi connectivity index (χ1) is 11.3. The highest BCUT2D eigenvalue weighted by molar-refractivity contribution is 7.89. The minimum atomic E-state index is -3.68. The third kappa shape index (κ3) is 6.56. The van der Waals surface area contributed by atoms with Crippen molar-refractivity contribution in [3.05, 3.63) is 29.8 Å². The summed E-state index contributed by atoms with van der Waals surface area (Å²) < 4.78 is 31.7. The SMILES string of the molecule is CCC(CC)(CN)NC(=O)c1cccc(S(=O)(=O)NCCOC)c1.Cl. The Morgan fingerprint density at radius 2 is 1.92 bits per heavy atom. The largest absolute Gasteiger partial charge is 0.383 e. The molecule has 9 heteroatoms. The number of rotatable bonds is 10. The van der Waals surface area contributed by atoms with E-state index < -0.39 is 15.6 Å². The van der Waals surface area contributed by atoms with Gasteiger partial charge in [-0.05, 0) is 31.0 Å². The molecular weight excluding hydrogens is 366 g/mol. The lowest BCUT2D eigenvalue weighted by Gasteiger charge is -2.31. The van der Waals surface area contributed by atoms with Gasteiger partial charge in [0.2, 0.25) is 10.0 Å². The molecule has 0 aliphatic carbocycles. The maximum Gasteiger partial charge on any atom is 0.251 e. The first-order valence-electron chi connectivity index (χ1n) is 7.95. The van der Waals surface area contributed by atoms with Crippen molar-refractivity contribution in [2.75, 3.05) is 26.8 Å². The summed E-state index contributed by atoms with van der Waals surface area (Å²) in [4.78, 5) is 12.5. The second-order valence-corrected chi connectivity index (χ2v) is 7.33. The van der Waals surface area contributed by atoms with Gasteiger partial charge in [-0.25, -0.2) is 13.1 Å². The number of carbonyl (C=O) groups is 1. The molecule has 0 saturated carbocycles. The van der Waals surface area contributed by atoms with E-state index in [-0.39, 0.29) is 41.9 Å². The van der Waals surface area contributed by atoms with Crippen LogP contribution < -0.4 is 15.8 Å². The van der Waals surface area contributed by atoms with E-state index in [0.717, 1.165) is 0 Å². The zero-order chi connectivity index (χ0) is 18.2. The number of hydrogen-bond acceptors (Lipinski definition) is 5. The lowest BCUT2D eigenvalue weighted by Crippen LogP contribution is -2.52. The molecule has 4 N–H and O–H groups in total. The van der Waals surface area contributed by atoms with Gasteiger partial charge in [-0.3, -0.25) is 4.79 Å². The molecular formula is C16H28ClN3O4S. The molecule has 0 aliphatic heterocycles. The van der Waals surface area contributed by atoms with Gasteiger partial charge < -0.3 is 15.8 Å². The van der Waals surface area contributed by atoms with Gasteiger partial charge in [-0.15, -0.1) is 12.4 Å². The molecule has 0 radical (unpaired) electrons. The van der Waals surface area contributed by atoms with Crippen molar-refractivity contribution in [1.82, 2.24) is 10.0 Å². The average molecular weight is 394 g/mol. The lowest BCUT2D eigenvalue weighted by atomic mass is 9.92. The maximum atomic E-state index is 12.5. The van der Waals surface area contributed by atoms with Gasteiger partial charge in [0.15, 0.2) is 0 Å². The van der Waals surface area contributed by atoms with Crippen molar-refractivity contribution in [2.24, 2.45) is 5.73 Å². The van der Waals surface area contributed by atoms with E-state index in [1.165, 1.54) is 19.2 Å². The fourth-order valence-corrected chi connectivity index (χ4v) is 3.30. The van der Waals surface area contributed by atoms with Crippen LogP contribution in [0.4, 0.5) is 0 Å². The zero-order valence-electron chi connectivity index (χ0n) is 14.9. The number of sulfonamides is 1. The molecule has 1 amide bonds. The van der Waals surface area contributed by atoms with Crippen LogP contribution in [0.15, 0.2) is 29.2 Å². The fourth-order valence-electron chi connectivity index (χ4n) is 2.25. The lowest BCUT2D eigenvalue weighted by molar-refractivity contribution is 0.0895. The van der Waals surface area contributed by atoms with Crippen LogP contribution in [-0.2, 0) is 14.8 Å². The first-order valence-corrected chi connectivity index (χ1v) is 9.43. The summed E-state index contributed by atoms with van der Waals surface area (Å²) in [6.07, 6.45) is 1.39. The van der Waals surface area contributed by atoms with Gasteiger partial charge in [0, 0.05) is 25.8 Å². The Hall–Kier alpha value is -1.19. The monoisotopic (exact) mass is 393 g/mol. The molecule has 0 heterocycles. The average Bonchev–Trinajstić information content (AvgIpc) is 2.60. The van der Waals surface area contributed by atoms with E-state index in [0.29, 0.717) is 19.4 Å². The van der Waals surface area contributed by atoms with Crippen molar-refractivity contribution >= 4 is 28.3 Å². The summed E-state index contributed by atoms with van der Waals surface area (Å²) in [5.41, 5.74) is 5.59. The molecule has 0 saturated heterocycles. The molecule has 0 fully saturated rings. The summed E-state index contributed by atoms with van der Waals surface area (Å²) in [5, 5.41) is 2.93. The Balaban J connectivity index is 0.00000576. The van der Waals surface area contributed by atoms with Crippen molar-refractivity contribution < 1.29 is 17.9 Å². The molecule has 0 spiro atoms. The number of nitrogens with two attached hydrogens (primary N) is 1. The molecule has 25 heavy (non-hydrogen) atoms. The minimum absolute atomic E-state index is 0. The summed E-state index contributed by atoms with van der Waals surface area (Å²) in [5.74, 6) is -0.335. The number of carbonyl (C=O) groups excluding carboxylic acids is 1. The zero-order valence-corrected chi connectivity index (χ0v) is 16.5. The molecule has 0 atom stereocenters. The summed E-state index contributed by atoms with van der Waals surface area (Å²) in [6, 6.07) is 5.93. The predicted molar refractivity (Wildman–Crippen MR) is 101 cm³/mol. The van der Waals surface area contributed by atoms with Crippen LogP contribution >= 0.6 is 12.4 Å². The highest BCUT2D eigenvalue weighted by atomic mass is 35.5. The van der Waals surface area contributed by atoms with Crippen molar-refractivity contribution in [3.8, 4) is 0 Å². The molecule has 1 aromatic rings. The predicted octanol–water partition coefficient (Wildman–Crippen LogP) is 1.28. The van der Waals surface area contributed by atoms with Gasteiger partial charge in [0.05, 0.1) is 17.0 Å². The Morgan fingerprint density at radius 3 is 2.44 bits per heavy atom. The normalized spacial score (nSPS) is 11.7. The molecule has 1 rings (SSSR count). The van der Waals surface area contributed by atoms with Crippen LogP contribution in [0.25, 0.3) is 0 Å². The highest BCUT2D eigenvalue weighted by Crippen LogP contribution is 2.16. The van der Waals surface area contributed by atoms with Crippen LogP contribution in [0.5, 0.6) is 0 Å². The van der Waals surface area contributed by atoms with Gasteiger partial charge in [-0.1, -0.05) is 19.9 Å². The van der Waals surface area contributed by atoms with E-state index in [4.69, 9.17) is 10.5 Å². The standard InChI is InChI=1S/C16H27N3O4S.ClH/c1-4-16(5-2,12-17)19-15(20)13-7-6-8-14(11-13)24(21,22)18-9-10-23-3;/h6-8,11,18H,4-5,9-10,12,17H2,1-3H3,(H,19,20);1H. The number of ether oxygens (including phenoxy) is 1. The van der Waals surface area contributed by atoms with Crippen LogP contribution in [0.3, 0.4) is 0 Å². The first kappa shape index (κ1) is 23.8. The van der Waals surface area contributed by atoms with Crippen molar-refractivity contribution in [2.45, 2.75) is 37.1 Å². The molecule has 7 nitrogen and oxygen atoms in total. The summed E-state index contributed by atoms with van der Waals surface area (Å²) >= 11 is 0. The number of methoxy groups -OCH3 is 1. The minimum Gasteiger partial charge on any atom is -0.383 e. The summed E-state index contributed by atoms with van der Waals surface area (Å²) in [6.45, 7) is 4.67. The molecule has 0 bridgehead atoms. The quantitative estimate of drug-likeness (QED) is 0.518. The molecule has 0 unspecified atom stereocenters. The highest BCUT2D eigenvalue weighted by Gasteiger charge is 2.27. The third-order valence-corrected chi connectivity index (χ3v) is 5.59. The Bertz CT molecular complexity index is 640. The van der Waals surface area contributed by atoms with Gasteiger partial charge in [-0.2, -0.15) is 0 Å². The molecule has 1 aromatic carbocycles. The fraction of sp³-hybridized carbons (Fsp3) is 0.562. The number of hydrogen-bond donors (Lipinski definition) is 3. The second-order valence-electron chi connectivity index (χ2n) is 5.56. The summed E-state index contributed by atoms with van der Waals surface area (Å²) in [7, 11) is -2.19. The second kappa shape index (κ2) is 10.7. The number of benzene rings is 1. The Morgan fingerprint density at radius 1 is 1.28 bits per heavy atom. The van der Waals surface area contributed by atoms with Gasteiger partial charge >= 0.3 is 0 Å². The molecule has 0 aliphatic rings. The van der Waals surface area contributed by atoms with E-state index in [1.807, 2.05) is 13.8 Å². The smallest absolute Gasteiger partial charge is 0.251 e.